The largest absolute Gasteiger partial charge is 0.490 e. The van der Waals surface area contributed by atoms with Gasteiger partial charge in [-0.2, -0.15) is 0 Å². The molecule has 2 saturated carbocycles. The van der Waals surface area contributed by atoms with Crippen molar-refractivity contribution in [1.29, 1.82) is 0 Å². The maximum Gasteiger partial charge on any atom is 0.340 e. The third-order valence-electron chi connectivity index (χ3n) is 9.41. The van der Waals surface area contributed by atoms with Gasteiger partial charge in [0.05, 0.1) is 42.0 Å². The molecule has 8 nitrogen and oxygen atoms in total. The molecule has 2 aromatic heterocycles. The summed E-state index contributed by atoms with van der Waals surface area (Å²) in [5.41, 5.74) is 4.08. The topological polar surface area (TPSA) is 83.0 Å². The summed E-state index contributed by atoms with van der Waals surface area (Å²) in [6, 6.07) is 3.95. The zero-order chi connectivity index (χ0) is 31.3. The van der Waals surface area contributed by atoms with Crippen LogP contribution in [0, 0.1) is 12.3 Å². The number of ether oxygens (including phenoxy) is 4. The Morgan fingerprint density at radius 3 is 2.30 bits per heavy atom. The number of hydrogen-bond donors (Lipinski definition) is 0. The molecule has 5 rings (SSSR count). The van der Waals surface area contributed by atoms with Gasteiger partial charge in [0.15, 0.2) is 6.10 Å². The fraction of sp³-hybridized carbons (Fsp3) is 0.694. The van der Waals surface area contributed by atoms with E-state index in [-0.39, 0.29) is 12.1 Å². The smallest absolute Gasteiger partial charge is 0.340 e. The van der Waals surface area contributed by atoms with E-state index in [1.165, 1.54) is 38.5 Å². The highest BCUT2D eigenvalue weighted by molar-refractivity contribution is 5.86. The molecule has 242 valence electrons. The Bertz CT molecular complexity index is 1230. The van der Waals surface area contributed by atoms with Gasteiger partial charge in [0, 0.05) is 36.1 Å². The van der Waals surface area contributed by atoms with E-state index in [1.807, 2.05) is 59.9 Å². The van der Waals surface area contributed by atoms with E-state index >= 15 is 0 Å². The summed E-state index contributed by atoms with van der Waals surface area (Å²) in [6.45, 7) is 14.5. The van der Waals surface area contributed by atoms with Gasteiger partial charge in [-0.15, -0.1) is 0 Å². The molecule has 1 aliphatic heterocycles. The lowest BCUT2D eigenvalue weighted by Crippen LogP contribution is -2.40. The van der Waals surface area contributed by atoms with Crippen molar-refractivity contribution in [3.8, 4) is 17.0 Å². The predicted octanol–water partition coefficient (Wildman–Crippen LogP) is 7.76. The molecular formula is C36H53N3O5. The van der Waals surface area contributed by atoms with E-state index in [1.54, 1.807) is 6.20 Å². The van der Waals surface area contributed by atoms with Crippen LogP contribution in [0.15, 0.2) is 24.5 Å². The zero-order valence-corrected chi connectivity index (χ0v) is 27.8. The summed E-state index contributed by atoms with van der Waals surface area (Å²) < 4.78 is 24.2. The molecule has 2 aliphatic carbocycles. The van der Waals surface area contributed by atoms with Crippen molar-refractivity contribution in [1.82, 2.24) is 9.97 Å². The first-order valence-corrected chi connectivity index (χ1v) is 16.9. The highest BCUT2D eigenvalue weighted by Crippen LogP contribution is 2.49. The number of rotatable bonds is 11. The van der Waals surface area contributed by atoms with Crippen LogP contribution in [-0.2, 0) is 19.0 Å². The molecule has 44 heavy (non-hydrogen) atoms. The van der Waals surface area contributed by atoms with E-state index in [0.717, 1.165) is 67.0 Å². The van der Waals surface area contributed by atoms with Gasteiger partial charge in [-0.3, -0.25) is 9.97 Å². The Balaban J connectivity index is 1.46. The van der Waals surface area contributed by atoms with Crippen LogP contribution in [0.3, 0.4) is 0 Å². The minimum Gasteiger partial charge on any atom is -0.490 e. The van der Waals surface area contributed by atoms with E-state index in [4.69, 9.17) is 28.9 Å². The molecule has 0 aromatic carbocycles. The number of pyridine rings is 2. The number of anilines is 1. The standard InChI is InChI=1S/C36H53N3O5/c1-25(2)43-34(40)33(44-35(4,5)6)31-26(3)37-24-29(32(31)39-19-17-36(18-20-39)15-9-10-16-36)30-14-13-28(23-38-30)42-22-21-41-27-11-7-8-12-27/h13-14,23-25,27,33H,7-12,15-22H2,1-6H3/t33-/m0/s1. The summed E-state index contributed by atoms with van der Waals surface area (Å²) in [6.07, 6.45) is 15.3. The third-order valence-corrected chi connectivity index (χ3v) is 9.41. The quantitative estimate of drug-likeness (QED) is 0.189. The minimum atomic E-state index is -0.912. The molecule has 1 spiro atoms. The molecule has 1 atom stereocenters. The SMILES string of the molecule is Cc1ncc(-c2ccc(OCCOC3CCCC3)cn2)c(N2CCC3(CCCC3)CC2)c1[C@H](OC(C)(C)C)C(=O)OC(C)C. The van der Waals surface area contributed by atoms with Crippen LogP contribution in [0.25, 0.3) is 11.3 Å². The van der Waals surface area contributed by atoms with Crippen molar-refractivity contribution >= 4 is 11.7 Å². The van der Waals surface area contributed by atoms with Crippen LogP contribution in [0.1, 0.15) is 116 Å². The molecule has 0 unspecified atom stereocenters. The first-order chi connectivity index (χ1) is 21.0. The number of piperidine rings is 1. The molecule has 0 amide bonds. The summed E-state index contributed by atoms with van der Waals surface area (Å²) in [4.78, 5) is 25.8. The minimum absolute atomic E-state index is 0.261. The highest BCUT2D eigenvalue weighted by atomic mass is 16.6. The van der Waals surface area contributed by atoms with Crippen LogP contribution in [0.5, 0.6) is 5.75 Å². The van der Waals surface area contributed by atoms with Gasteiger partial charge in [-0.25, -0.2) is 4.79 Å². The van der Waals surface area contributed by atoms with Crippen molar-refractivity contribution < 1.29 is 23.7 Å². The van der Waals surface area contributed by atoms with E-state index in [2.05, 4.69) is 4.90 Å². The molecule has 0 N–H and O–H groups in total. The van der Waals surface area contributed by atoms with Gasteiger partial charge >= 0.3 is 5.97 Å². The molecule has 3 aliphatic rings. The lowest BCUT2D eigenvalue weighted by molar-refractivity contribution is -0.171. The Hall–Kier alpha value is -2.71. The Kier molecular flexibility index (Phi) is 10.5. The predicted molar refractivity (Wildman–Crippen MR) is 173 cm³/mol. The highest BCUT2D eigenvalue weighted by Gasteiger charge is 2.40. The Morgan fingerprint density at radius 1 is 0.977 bits per heavy atom. The van der Waals surface area contributed by atoms with Crippen LogP contribution < -0.4 is 9.64 Å². The summed E-state index contributed by atoms with van der Waals surface area (Å²) in [7, 11) is 0. The number of nitrogens with zero attached hydrogens (tertiary/aromatic N) is 3. The van der Waals surface area contributed by atoms with Crippen LogP contribution >= 0.6 is 0 Å². The maximum atomic E-state index is 13.7. The van der Waals surface area contributed by atoms with E-state index < -0.39 is 11.7 Å². The van der Waals surface area contributed by atoms with E-state index in [9.17, 15) is 4.79 Å². The first-order valence-electron chi connectivity index (χ1n) is 16.9. The summed E-state index contributed by atoms with van der Waals surface area (Å²) in [5.74, 6) is 0.320. The normalized spacial score (nSPS) is 19.6. The van der Waals surface area contributed by atoms with Crippen molar-refractivity contribution in [3.63, 3.8) is 0 Å². The third kappa shape index (κ3) is 8.11. The molecule has 0 radical (unpaired) electrons. The van der Waals surface area contributed by atoms with Crippen LogP contribution in [0.2, 0.25) is 0 Å². The maximum absolute atomic E-state index is 13.7. The molecule has 3 heterocycles. The summed E-state index contributed by atoms with van der Waals surface area (Å²) in [5, 5.41) is 0. The van der Waals surface area contributed by atoms with Crippen LogP contribution in [-0.4, -0.2) is 60.0 Å². The number of aryl methyl sites for hydroxylation is 1. The van der Waals surface area contributed by atoms with Crippen molar-refractivity contribution in [3.05, 3.63) is 35.8 Å². The van der Waals surface area contributed by atoms with Crippen LogP contribution in [0.4, 0.5) is 5.69 Å². The monoisotopic (exact) mass is 607 g/mol. The fourth-order valence-electron chi connectivity index (χ4n) is 7.21. The van der Waals surface area contributed by atoms with Gasteiger partial charge in [-0.05, 0) is 97.6 Å². The second-order valence-electron chi connectivity index (χ2n) is 14.3. The average Bonchev–Trinajstić information content (AvgIpc) is 3.67. The van der Waals surface area contributed by atoms with Gasteiger partial charge in [0.1, 0.15) is 12.4 Å². The lowest BCUT2D eigenvalue weighted by Gasteiger charge is -2.42. The van der Waals surface area contributed by atoms with Gasteiger partial charge in [-0.1, -0.05) is 25.7 Å². The van der Waals surface area contributed by atoms with Gasteiger partial charge in [0.25, 0.3) is 0 Å². The van der Waals surface area contributed by atoms with Gasteiger partial charge in [0.2, 0.25) is 0 Å². The van der Waals surface area contributed by atoms with Crippen molar-refractivity contribution in [2.75, 3.05) is 31.2 Å². The number of carbonyl (C=O) groups is 1. The zero-order valence-electron chi connectivity index (χ0n) is 27.8. The number of hydrogen-bond acceptors (Lipinski definition) is 8. The molecule has 2 aromatic rings. The molecular weight excluding hydrogens is 554 g/mol. The number of carbonyl (C=O) groups excluding carboxylic acids is 1. The van der Waals surface area contributed by atoms with Crippen molar-refractivity contribution in [2.24, 2.45) is 5.41 Å². The average molecular weight is 608 g/mol. The molecule has 8 heteroatoms. The number of esters is 1. The second kappa shape index (κ2) is 14.2. The lowest BCUT2D eigenvalue weighted by atomic mass is 9.76. The fourth-order valence-corrected chi connectivity index (χ4v) is 7.21. The van der Waals surface area contributed by atoms with E-state index in [0.29, 0.717) is 30.5 Å². The molecule has 3 fully saturated rings. The first kappa shape index (κ1) is 32.7. The Morgan fingerprint density at radius 2 is 1.68 bits per heavy atom. The molecule has 0 bridgehead atoms. The number of aromatic nitrogens is 2. The molecule has 1 saturated heterocycles. The Labute approximate surface area is 264 Å². The summed E-state index contributed by atoms with van der Waals surface area (Å²) >= 11 is 0. The second-order valence-corrected chi connectivity index (χ2v) is 14.3. The van der Waals surface area contributed by atoms with Gasteiger partial charge < -0.3 is 23.8 Å². The van der Waals surface area contributed by atoms with Crippen molar-refractivity contribution in [2.45, 2.75) is 130 Å².